The van der Waals surface area contributed by atoms with Crippen molar-refractivity contribution in [3.8, 4) is 0 Å². The van der Waals surface area contributed by atoms with Crippen molar-refractivity contribution in [3.63, 3.8) is 0 Å². The molecule has 1 aromatic carbocycles. The minimum atomic E-state index is 0.194. The number of hydrogen-bond acceptors (Lipinski definition) is 2. The number of aromatic nitrogens is 1. The van der Waals surface area contributed by atoms with Crippen molar-refractivity contribution < 1.29 is 0 Å². The van der Waals surface area contributed by atoms with E-state index in [0.29, 0.717) is 10.0 Å². The van der Waals surface area contributed by atoms with E-state index in [9.17, 15) is 0 Å². The highest BCUT2D eigenvalue weighted by Gasteiger charge is 2.14. The fraction of sp³-hybridized carbons (Fsp3) is 0.312. The highest BCUT2D eigenvalue weighted by Crippen LogP contribution is 2.29. The summed E-state index contributed by atoms with van der Waals surface area (Å²) in [7, 11) is 0. The smallest absolute Gasteiger partial charge is 0.0624 e. The van der Waals surface area contributed by atoms with Crippen LogP contribution in [-0.4, -0.2) is 11.5 Å². The summed E-state index contributed by atoms with van der Waals surface area (Å²) in [6, 6.07) is 9.99. The standard InChI is InChI=1S/C16H18Cl2N2/c1-2-8-20-15(13-6-4-9-19-11-13)10-12-5-3-7-14(17)16(12)18/h3-7,9,11,15,20H,2,8,10H2,1H3. The summed E-state index contributed by atoms with van der Waals surface area (Å²) in [5.74, 6) is 0. The average Bonchev–Trinajstić information content (AvgIpc) is 2.48. The van der Waals surface area contributed by atoms with Gasteiger partial charge in [0.1, 0.15) is 0 Å². The van der Waals surface area contributed by atoms with Crippen molar-refractivity contribution in [2.45, 2.75) is 25.8 Å². The van der Waals surface area contributed by atoms with Gasteiger partial charge in [-0.05, 0) is 42.6 Å². The van der Waals surface area contributed by atoms with Crippen LogP contribution in [-0.2, 0) is 6.42 Å². The highest BCUT2D eigenvalue weighted by molar-refractivity contribution is 6.42. The maximum Gasteiger partial charge on any atom is 0.0624 e. The zero-order valence-corrected chi connectivity index (χ0v) is 13.0. The van der Waals surface area contributed by atoms with E-state index in [1.54, 1.807) is 6.20 Å². The summed E-state index contributed by atoms with van der Waals surface area (Å²) < 4.78 is 0. The lowest BCUT2D eigenvalue weighted by Gasteiger charge is -2.19. The maximum atomic E-state index is 6.28. The van der Waals surface area contributed by atoms with Crippen LogP contribution in [0.5, 0.6) is 0 Å². The SMILES string of the molecule is CCCNC(Cc1cccc(Cl)c1Cl)c1cccnc1. The topological polar surface area (TPSA) is 24.9 Å². The normalized spacial score (nSPS) is 12.3. The minimum absolute atomic E-state index is 0.194. The van der Waals surface area contributed by atoms with Gasteiger partial charge in [0.25, 0.3) is 0 Å². The Balaban J connectivity index is 2.21. The van der Waals surface area contributed by atoms with E-state index in [1.165, 1.54) is 0 Å². The van der Waals surface area contributed by atoms with Crippen LogP contribution in [0.4, 0.5) is 0 Å². The van der Waals surface area contributed by atoms with Crippen molar-refractivity contribution >= 4 is 23.2 Å². The largest absolute Gasteiger partial charge is 0.310 e. The molecular weight excluding hydrogens is 291 g/mol. The van der Waals surface area contributed by atoms with Crippen LogP contribution in [0.3, 0.4) is 0 Å². The number of halogens is 2. The Bertz CT molecular complexity index is 543. The predicted molar refractivity (Wildman–Crippen MR) is 85.4 cm³/mol. The van der Waals surface area contributed by atoms with Crippen molar-refractivity contribution in [2.75, 3.05) is 6.54 Å². The number of rotatable bonds is 6. The van der Waals surface area contributed by atoms with Crippen LogP contribution in [0, 0.1) is 0 Å². The molecule has 1 aromatic heterocycles. The molecule has 1 unspecified atom stereocenters. The molecule has 1 heterocycles. The lowest BCUT2D eigenvalue weighted by Crippen LogP contribution is -2.24. The zero-order valence-electron chi connectivity index (χ0n) is 11.4. The average molecular weight is 309 g/mol. The monoisotopic (exact) mass is 308 g/mol. The molecule has 0 aliphatic rings. The zero-order chi connectivity index (χ0) is 14.4. The molecule has 0 radical (unpaired) electrons. The van der Waals surface area contributed by atoms with Gasteiger partial charge in [0.2, 0.25) is 0 Å². The van der Waals surface area contributed by atoms with Crippen LogP contribution >= 0.6 is 23.2 Å². The number of pyridine rings is 1. The van der Waals surface area contributed by atoms with Gasteiger partial charge >= 0.3 is 0 Å². The molecule has 0 aliphatic heterocycles. The number of nitrogens with zero attached hydrogens (tertiary/aromatic N) is 1. The van der Waals surface area contributed by atoms with Crippen LogP contribution in [0.2, 0.25) is 10.0 Å². The molecule has 0 amide bonds. The summed E-state index contributed by atoms with van der Waals surface area (Å²) in [5.41, 5.74) is 2.22. The second-order valence-corrected chi connectivity index (χ2v) is 5.50. The molecule has 0 saturated heterocycles. The molecule has 2 rings (SSSR count). The first-order chi connectivity index (χ1) is 9.72. The second kappa shape index (κ2) is 7.63. The van der Waals surface area contributed by atoms with Gasteiger partial charge in [-0.15, -0.1) is 0 Å². The van der Waals surface area contributed by atoms with E-state index in [4.69, 9.17) is 23.2 Å². The van der Waals surface area contributed by atoms with Crippen LogP contribution < -0.4 is 5.32 Å². The van der Waals surface area contributed by atoms with Crippen molar-refractivity contribution in [3.05, 3.63) is 63.9 Å². The Morgan fingerprint density at radius 2 is 2.05 bits per heavy atom. The fourth-order valence-corrected chi connectivity index (χ4v) is 2.53. The van der Waals surface area contributed by atoms with Gasteiger partial charge in [-0.25, -0.2) is 0 Å². The quantitative estimate of drug-likeness (QED) is 0.838. The van der Waals surface area contributed by atoms with Gasteiger partial charge < -0.3 is 5.32 Å². The van der Waals surface area contributed by atoms with Crippen LogP contribution in [0.1, 0.15) is 30.5 Å². The molecule has 0 aliphatic carbocycles. The Hall–Kier alpha value is -1.09. The van der Waals surface area contributed by atoms with Crippen molar-refractivity contribution in [2.24, 2.45) is 0 Å². The lowest BCUT2D eigenvalue weighted by atomic mass is 10.00. The van der Waals surface area contributed by atoms with Crippen LogP contribution in [0.25, 0.3) is 0 Å². The van der Waals surface area contributed by atoms with E-state index in [-0.39, 0.29) is 6.04 Å². The van der Waals surface area contributed by atoms with E-state index in [0.717, 1.165) is 30.5 Å². The third-order valence-electron chi connectivity index (χ3n) is 3.18. The fourth-order valence-electron chi connectivity index (χ4n) is 2.13. The molecule has 106 valence electrons. The molecule has 2 nitrogen and oxygen atoms in total. The molecule has 1 atom stereocenters. The number of benzene rings is 1. The van der Waals surface area contributed by atoms with Gasteiger partial charge in [0, 0.05) is 18.4 Å². The van der Waals surface area contributed by atoms with Gasteiger partial charge in [0.05, 0.1) is 10.0 Å². The van der Waals surface area contributed by atoms with Gasteiger partial charge in [-0.1, -0.05) is 48.3 Å². The summed E-state index contributed by atoms with van der Waals surface area (Å²) in [6.07, 6.45) is 5.56. The van der Waals surface area contributed by atoms with E-state index < -0.39 is 0 Å². The molecule has 4 heteroatoms. The van der Waals surface area contributed by atoms with E-state index in [1.807, 2.05) is 30.5 Å². The Labute approximate surface area is 130 Å². The lowest BCUT2D eigenvalue weighted by molar-refractivity contribution is 0.528. The first kappa shape index (κ1) is 15.3. The number of nitrogens with one attached hydrogen (secondary N) is 1. The summed E-state index contributed by atoms with van der Waals surface area (Å²) in [5, 5.41) is 4.78. The van der Waals surface area contributed by atoms with E-state index >= 15 is 0 Å². The van der Waals surface area contributed by atoms with Gasteiger partial charge in [0.15, 0.2) is 0 Å². The highest BCUT2D eigenvalue weighted by atomic mass is 35.5. The second-order valence-electron chi connectivity index (χ2n) is 4.71. The Kier molecular flexibility index (Phi) is 5.84. The molecule has 1 N–H and O–H groups in total. The van der Waals surface area contributed by atoms with Crippen LogP contribution in [0.15, 0.2) is 42.7 Å². The Morgan fingerprint density at radius 3 is 2.75 bits per heavy atom. The molecule has 0 saturated carbocycles. The van der Waals surface area contributed by atoms with E-state index in [2.05, 4.69) is 23.3 Å². The molecular formula is C16H18Cl2N2. The van der Waals surface area contributed by atoms with Crippen molar-refractivity contribution in [1.29, 1.82) is 0 Å². The number of hydrogen-bond donors (Lipinski definition) is 1. The third kappa shape index (κ3) is 3.95. The van der Waals surface area contributed by atoms with Gasteiger partial charge in [-0.3, -0.25) is 4.98 Å². The predicted octanol–water partition coefficient (Wildman–Crippen LogP) is 4.67. The molecule has 20 heavy (non-hydrogen) atoms. The van der Waals surface area contributed by atoms with Gasteiger partial charge in [-0.2, -0.15) is 0 Å². The maximum absolute atomic E-state index is 6.28. The first-order valence-corrected chi connectivity index (χ1v) is 7.54. The summed E-state index contributed by atoms with van der Waals surface area (Å²) in [4.78, 5) is 4.20. The third-order valence-corrected chi connectivity index (χ3v) is 4.04. The molecule has 0 fully saturated rings. The first-order valence-electron chi connectivity index (χ1n) is 6.78. The molecule has 0 bridgehead atoms. The van der Waals surface area contributed by atoms with Crippen molar-refractivity contribution in [1.82, 2.24) is 10.3 Å². The minimum Gasteiger partial charge on any atom is -0.310 e. The summed E-state index contributed by atoms with van der Waals surface area (Å²) in [6.45, 7) is 3.11. The molecule has 0 spiro atoms. The summed E-state index contributed by atoms with van der Waals surface area (Å²) >= 11 is 12.4. The Morgan fingerprint density at radius 1 is 1.20 bits per heavy atom. The molecule has 2 aromatic rings.